The van der Waals surface area contributed by atoms with E-state index in [1.807, 2.05) is 34.9 Å². The van der Waals surface area contributed by atoms with Crippen LogP contribution < -0.4 is 5.73 Å². The van der Waals surface area contributed by atoms with Gasteiger partial charge in [0.25, 0.3) is 0 Å². The Kier molecular flexibility index (Phi) is 4.30. The summed E-state index contributed by atoms with van der Waals surface area (Å²) >= 11 is 6.07. The minimum absolute atomic E-state index is 0.0470. The standard InChI is InChI=1S/C18H16ClN5O2/c19-15-14-16(23-18(20)22-15)24(10-21-14)13-7-6-11(8-13)9-26-17(25)12-4-2-1-3-5-12/h1-7,10-11,13H,8-9H2,(H2,20,22,23)/t11-,13+/m1/s1. The molecule has 0 bridgehead atoms. The fourth-order valence-corrected chi connectivity index (χ4v) is 3.28. The van der Waals surface area contributed by atoms with Gasteiger partial charge >= 0.3 is 5.97 Å². The predicted molar refractivity (Wildman–Crippen MR) is 97.8 cm³/mol. The van der Waals surface area contributed by atoms with E-state index in [1.54, 1.807) is 18.5 Å². The number of imidazole rings is 1. The fourth-order valence-electron chi connectivity index (χ4n) is 3.06. The number of esters is 1. The second-order valence-electron chi connectivity index (χ2n) is 6.11. The van der Waals surface area contributed by atoms with Crippen LogP contribution in [0.2, 0.25) is 5.15 Å². The molecule has 0 unspecified atom stereocenters. The number of hydrogen-bond acceptors (Lipinski definition) is 6. The van der Waals surface area contributed by atoms with Crippen LogP contribution >= 0.6 is 11.6 Å². The van der Waals surface area contributed by atoms with Crippen LogP contribution in [-0.2, 0) is 4.74 Å². The summed E-state index contributed by atoms with van der Waals surface area (Å²) in [4.78, 5) is 24.5. The summed E-state index contributed by atoms with van der Waals surface area (Å²) in [6.07, 6.45) is 6.54. The Balaban J connectivity index is 1.43. The van der Waals surface area contributed by atoms with Gasteiger partial charge < -0.3 is 15.0 Å². The minimum atomic E-state index is -0.317. The van der Waals surface area contributed by atoms with Gasteiger partial charge in [0.15, 0.2) is 10.8 Å². The molecule has 2 heterocycles. The second-order valence-corrected chi connectivity index (χ2v) is 6.47. The minimum Gasteiger partial charge on any atom is -0.461 e. The number of hydrogen-bond donors (Lipinski definition) is 1. The van der Waals surface area contributed by atoms with Gasteiger partial charge in [0.05, 0.1) is 24.5 Å². The number of aromatic nitrogens is 4. The molecule has 0 aliphatic heterocycles. The van der Waals surface area contributed by atoms with Crippen molar-refractivity contribution in [1.82, 2.24) is 19.5 Å². The summed E-state index contributed by atoms with van der Waals surface area (Å²) < 4.78 is 7.33. The Hall–Kier alpha value is -2.93. The van der Waals surface area contributed by atoms with Crippen molar-refractivity contribution in [2.24, 2.45) is 5.92 Å². The maximum absolute atomic E-state index is 12.1. The average molecular weight is 370 g/mol. The molecule has 26 heavy (non-hydrogen) atoms. The first-order chi connectivity index (χ1) is 12.6. The molecule has 4 rings (SSSR count). The monoisotopic (exact) mass is 369 g/mol. The van der Waals surface area contributed by atoms with Gasteiger partial charge in [-0.15, -0.1) is 0 Å². The summed E-state index contributed by atoms with van der Waals surface area (Å²) in [5.74, 6) is -0.0813. The molecule has 2 N–H and O–H groups in total. The molecule has 132 valence electrons. The first kappa shape index (κ1) is 16.5. The van der Waals surface area contributed by atoms with Crippen molar-refractivity contribution in [2.75, 3.05) is 12.3 Å². The zero-order valence-corrected chi connectivity index (χ0v) is 14.5. The van der Waals surface area contributed by atoms with E-state index in [0.717, 1.165) is 6.42 Å². The number of ether oxygens (including phenoxy) is 1. The smallest absolute Gasteiger partial charge is 0.338 e. The van der Waals surface area contributed by atoms with E-state index in [4.69, 9.17) is 22.1 Å². The Morgan fingerprint density at radius 3 is 2.88 bits per heavy atom. The van der Waals surface area contributed by atoms with Crippen molar-refractivity contribution in [1.29, 1.82) is 0 Å². The van der Waals surface area contributed by atoms with Gasteiger partial charge in [0, 0.05) is 5.92 Å². The van der Waals surface area contributed by atoms with Gasteiger partial charge in [-0.1, -0.05) is 42.0 Å². The molecular formula is C18H16ClN5O2. The highest BCUT2D eigenvalue weighted by Crippen LogP contribution is 2.31. The van der Waals surface area contributed by atoms with Crippen molar-refractivity contribution in [2.45, 2.75) is 12.5 Å². The average Bonchev–Trinajstić information content (AvgIpc) is 3.27. The SMILES string of the molecule is Nc1nc(Cl)c2ncn([C@H]3C=C[C@@H](COC(=O)c4ccccc4)C3)c2n1. The molecule has 1 aromatic carbocycles. The zero-order chi connectivity index (χ0) is 18.1. The normalized spacial score (nSPS) is 19.1. The largest absolute Gasteiger partial charge is 0.461 e. The number of carbonyl (C=O) groups excluding carboxylic acids is 1. The number of fused-ring (bicyclic) bond motifs is 1. The van der Waals surface area contributed by atoms with Gasteiger partial charge in [0.2, 0.25) is 5.95 Å². The van der Waals surface area contributed by atoms with E-state index < -0.39 is 0 Å². The Morgan fingerprint density at radius 2 is 2.08 bits per heavy atom. The molecule has 8 heteroatoms. The van der Waals surface area contributed by atoms with Crippen LogP contribution in [0.4, 0.5) is 5.95 Å². The van der Waals surface area contributed by atoms with Gasteiger partial charge in [-0.05, 0) is 18.6 Å². The van der Waals surface area contributed by atoms with Crippen LogP contribution in [0.3, 0.4) is 0 Å². The first-order valence-electron chi connectivity index (χ1n) is 8.18. The van der Waals surface area contributed by atoms with Crippen LogP contribution in [0.1, 0.15) is 22.8 Å². The van der Waals surface area contributed by atoms with Gasteiger partial charge in [-0.2, -0.15) is 9.97 Å². The Morgan fingerprint density at radius 1 is 1.27 bits per heavy atom. The molecule has 0 spiro atoms. The quantitative estimate of drug-likeness (QED) is 0.431. The molecular weight excluding hydrogens is 354 g/mol. The molecule has 7 nitrogen and oxygen atoms in total. The number of rotatable bonds is 4. The van der Waals surface area contributed by atoms with Crippen molar-refractivity contribution < 1.29 is 9.53 Å². The highest BCUT2D eigenvalue weighted by Gasteiger charge is 2.24. The molecule has 0 saturated heterocycles. The van der Waals surface area contributed by atoms with Gasteiger partial charge in [-0.25, -0.2) is 9.78 Å². The zero-order valence-electron chi connectivity index (χ0n) is 13.7. The van der Waals surface area contributed by atoms with Crippen LogP contribution in [0.15, 0.2) is 48.8 Å². The van der Waals surface area contributed by atoms with E-state index in [9.17, 15) is 4.79 Å². The van der Waals surface area contributed by atoms with E-state index >= 15 is 0 Å². The molecule has 0 radical (unpaired) electrons. The van der Waals surface area contributed by atoms with E-state index in [0.29, 0.717) is 23.3 Å². The van der Waals surface area contributed by atoms with E-state index in [1.165, 1.54) is 0 Å². The third kappa shape index (κ3) is 3.13. The van der Waals surface area contributed by atoms with Crippen LogP contribution in [0.5, 0.6) is 0 Å². The lowest BCUT2D eigenvalue weighted by molar-refractivity contribution is 0.0461. The number of anilines is 1. The van der Waals surface area contributed by atoms with Crippen LogP contribution in [0.25, 0.3) is 11.2 Å². The van der Waals surface area contributed by atoms with E-state index in [2.05, 4.69) is 15.0 Å². The molecule has 0 fully saturated rings. The third-order valence-corrected chi connectivity index (χ3v) is 4.60. The topological polar surface area (TPSA) is 95.9 Å². The maximum Gasteiger partial charge on any atom is 0.338 e. The lowest BCUT2D eigenvalue weighted by Gasteiger charge is -2.14. The fraction of sp³-hybridized carbons (Fsp3) is 0.222. The van der Waals surface area contributed by atoms with Crippen molar-refractivity contribution in [3.63, 3.8) is 0 Å². The molecule has 1 aliphatic carbocycles. The first-order valence-corrected chi connectivity index (χ1v) is 8.55. The highest BCUT2D eigenvalue weighted by molar-refractivity contribution is 6.33. The number of allylic oxidation sites excluding steroid dienone is 1. The van der Waals surface area contributed by atoms with Gasteiger partial charge in [-0.3, -0.25) is 0 Å². The molecule has 3 aromatic rings. The van der Waals surface area contributed by atoms with E-state index in [-0.39, 0.29) is 29.0 Å². The Bertz CT molecular complexity index is 986. The maximum atomic E-state index is 12.1. The van der Waals surface area contributed by atoms with Crippen LogP contribution in [0, 0.1) is 5.92 Å². The predicted octanol–water partition coefficient (Wildman–Crippen LogP) is 3.04. The number of benzene rings is 1. The van der Waals surface area contributed by atoms with Crippen molar-refractivity contribution in [3.8, 4) is 0 Å². The number of nitrogen functional groups attached to an aromatic ring is 1. The number of carbonyl (C=O) groups is 1. The number of halogens is 1. The van der Waals surface area contributed by atoms with Crippen molar-refractivity contribution >= 4 is 34.7 Å². The molecule has 1 aliphatic rings. The second kappa shape index (κ2) is 6.76. The summed E-state index contributed by atoms with van der Waals surface area (Å²) in [6, 6.07) is 9.00. The molecule has 2 atom stereocenters. The number of nitrogens with zero attached hydrogens (tertiary/aromatic N) is 4. The van der Waals surface area contributed by atoms with Crippen molar-refractivity contribution in [3.05, 3.63) is 59.5 Å². The highest BCUT2D eigenvalue weighted by atomic mass is 35.5. The summed E-state index contributed by atoms with van der Waals surface area (Å²) in [7, 11) is 0. The summed E-state index contributed by atoms with van der Waals surface area (Å²) in [5, 5.41) is 0.238. The van der Waals surface area contributed by atoms with Crippen LogP contribution in [-0.4, -0.2) is 32.1 Å². The van der Waals surface area contributed by atoms with Gasteiger partial charge in [0.1, 0.15) is 5.52 Å². The molecule has 2 aromatic heterocycles. The molecule has 0 amide bonds. The lowest BCUT2D eigenvalue weighted by atomic mass is 10.1. The third-order valence-electron chi connectivity index (χ3n) is 4.34. The summed E-state index contributed by atoms with van der Waals surface area (Å²) in [5.41, 5.74) is 7.36. The Labute approximate surface area is 154 Å². The summed E-state index contributed by atoms with van der Waals surface area (Å²) in [6.45, 7) is 0.325. The lowest BCUT2D eigenvalue weighted by Crippen LogP contribution is -2.13. The molecule has 0 saturated carbocycles. The number of nitrogens with two attached hydrogens (primary N) is 1.